The number of oxazole rings is 1. The summed E-state index contributed by atoms with van der Waals surface area (Å²) < 4.78 is 35.5. The summed E-state index contributed by atoms with van der Waals surface area (Å²) in [6.07, 6.45) is 2.16. The molecule has 0 spiro atoms. The monoisotopic (exact) mass is 577 g/mol. The maximum atomic E-state index is 12.6. The number of para-hydroxylation sites is 1. The van der Waals surface area contributed by atoms with E-state index in [1.165, 1.54) is 6.07 Å². The third-order valence-corrected chi connectivity index (χ3v) is 5.64. The van der Waals surface area contributed by atoms with Crippen LogP contribution in [0.2, 0.25) is 0 Å². The Morgan fingerprint density at radius 1 is 1.24 bits per heavy atom. The lowest BCUT2D eigenvalue weighted by Gasteiger charge is -2.31. The number of rotatable bonds is 9. The summed E-state index contributed by atoms with van der Waals surface area (Å²) in [7, 11) is 0. The van der Waals surface area contributed by atoms with Crippen molar-refractivity contribution in [2.75, 3.05) is 26.2 Å². The predicted octanol–water partition coefficient (Wildman–Crippen LogP) is 4.48. The second-order valence-corrected chi connectivity index (χ2v) is 8.03. The molecular weight excluding hydrogens is 543 g/mol. The molecule has 2 aromatic rings. The number of guanidine groups is 1. The summed E-state index contributed by atoms with van der Waals surface area (Å²) in [5.74, 6) is 3.04. The van der Waals surface area contributed by atoms with E-state index in [1.54, 1.807) is 18.2 Å². The van der Waals surface area contributed by atoms with Crippen LogP contribution in [-0.4, -0.2) is 48.6 Å². The minimum Gasteiger partial charge on any atom is -0.444 e. The smallest absolute Gasteiger partial charge is 0.387 e. The zero-order chi connectivity index (χ0) is 22.9. The Hall–Kier alpha value is -1.95. The summed E-state index contributed by atoms with van der Waals surface area (Å²) in [4.78, 5) is 11.4. The molecule has 0 bridgehead atoms. The lowest BCUT2D eigenvalue weighted by molar-refractivity contribution is -0.0504. The molecule has 1 saturated heterocycles. The second-order valence-electron chi connectivity index (χ2n) is 8.03. The molecule has 0 unspecified atom stereocenters. The SMILES string of the molecule is CCNC(=NCc1ccccc1OC(F)F)NCC1CCN(Cc2nc(C)c(C)o2)CC1.I. The number of hydrogen-bond acceptors (Lipinski definition) is 5. The van der Waals surface area contributed by atoms with E-state index >= 15 is 0 Å². The van der Waals surface area contributed by atoms with Gasteiger partial charge in [0, 0.05) is 18.7 Å². The summed E-state index contributed by atoms with van der Waals surface area (Å²) in [5.41, 5.74) is 1.58. The molecule has 33 heavy (non-hydrogen) atoms. The third kappa shape index (κ3) is 8.73. The number of ether oxygens (including phenoxy) is 1. The average molecular weight is 577 g/mol. The number of nitrogens with zero attached hydrogens (tertiary/aromatic N) is 3. The van der Waals surface area contributed by atoms with Crippen LogP contribution >= 0.6 is 24.0 Å². The first-order chi connectivity index (χ1) is 15.4. The predicted molar refractivity (Wildman–Crippen MR) is 135 cm³/mol. The van der Waals surface area contributed by atoms with Gasteiger partial charge in [-0.15, -0.1) is 24.0 Å². The van der Waals surface area contributed by atoms with E-state index in [0.29, 0.717) is 24.0 Å². The number of aliphatic imine (C=N–C) groups is 1. The summed E-state index contributed by atoms with van der Waals surface area (Å²) in [5, 5.41) is 6.62. The molecule has 0 atom stereocenters. The van der Waals surface area contributed by atoms with Gasteiger partial charge in [-0.25, -0.2) is 9.98 Å². The number of aryl methyl sites for hydroxylation is 2. The zero-order valence-corrected chi connectivity index (χ0v) is 21.8. The van der Waals surface area contributed by atoms with E-state index in [2.05, 4.69) is 30.2 Å². The highest BCUT2D eigenvalue weighted by Gasteiger charge is 2.21. The van der Waals surface area contributed by atoms with Gasteiger partial charge in [0.15, 0.2) is 5.96 Å². The molecule has 0 saturated carbocycles. The van der Waals surface area contributed by atoms with Gasteiger partial charge < -0.3 is 19.8 Å². The summed E-state index contributed by atoms with van der Waals surface area (Å²) >= 11 is 0. The van der Waals surface area contributed by atoms with Crippen LogP contribution < -0.4 is 15.4 Å². The standard InChI is InChI=1S/C23H33F2N5O2.HI/c1-4-26-23(28-14-19-7-5-6-8-20(19)32-22(24)25)27-13-18-9-11-30(12-10-18)15-21-29-16(2)17(3)31-21;/h5-8,18,22H,4,9-15H2,1-3H3,(H2,26,27,28);1H. The molecule has 1 aliphatic rings. The van der Waals surface area contributed by atoms with Crippen molar-refractivity contribution in [1.82, 2.24) is 20.5 Å². The van der Waals surface area contributed by atoms with Gasteiger partial charge in [0.05, 0.1) is 18.8 Å². The first kappa shape index (κ1) is 27.3. The number of benzene rings is 1. The molecule has 184 valence electrons. The van der Waals surface area contributed by atoms with E-state index in [1.807, 2.05) is 20.8 Å². The van der Waals surface area contributed by atoms with E-state index < -0.39 is 6.61 Å². The average Bonchev–Trinajstić information content (AvgIpc) is 3.08. The Bertz CT molecular complexity index is 866. The van der Waals surface area contributed by atoms with Crippen LogP contribution in [0.3, 0.4) is 0 Å². The highest BCUT2D eigenvalue weighted by molar-refractivity contribution is 14.0. The van der Waals surface area contributed by atoms with E-state index in [0.717, 1.165) is 56.4 Å². The number of alkyl halides is 2. The van der Waals surface area contributed by atoms with Crippen LogP contribution in [0.15, 0.2) is 33.7 Å². The molecule has 7 nitrogen and oxygen atoms in total. The van der Waals surface area contributed by atoms with Crippen molar-refractivity contribution >= 4 is 29.9 Å². The fourth-order valence-corrected chi connectivity index (χ4v) is 3.74. The van der Waals surface area contributed by atoms with Gasteiger partial charge in [-0.2, -0.15) is 8.78 Å². The van der Waals surface area contributed by atoms with Crippen molar-refractivity contribution < 1.29 is 17.9 Å². The van der Waals surface area contributed by atoms with Crippen LogP contribution in [-0.2, 0) is 13.1 Å². The molecule has 1 fully saturated rings. The number of piperidine rings is 1. The first-order valence-corrected chi connectivity index (χ1v) is 11.1. The van der Waals surface area contributed by atoms with Gasteiger partial charge in [-0.3, -0.25) is 4.90 Å². The fraction of sp³-hybridized carbons (Fsp3) is 0.565. The lowest BCUT2D eigenvalue weighted by atomic mass is 9.97. The normalized spacial score (nSPS) is 15.4. The summed E-state index contributed by atoms with van der Waals surface area (Å²) in [6.45, 7) is 7.58. The Morgan fingerprint density at radius 3 is 2.61 bits per heavy atom. The van der Waals surface area contributed by atoms with Gasteiger partial charge in [0.2, 0.25) is 5.89 Å². The van der Waals surface area contributed by atoms with Crippen molar-refractivity contribution in [2.45, 2.75) is 53.3 Å². The lowest BCUT2D eigenvalue weighted by Crippen LogP contribution is -2.42. The van der Waals surface area contributed by atoms with E-state index in [9.17, 15) is 8.78 Å². The van der Waals surface area contributed by atoms with Crippen LogP contribution in [0.4, 0.5) is 8.78 Å². The molecule has 2 N–H and O–H groups in total. The third-order valence-electron chi connectivity index (χ3n) is 5.64. The molecule has 1 aromatic heterocycles. The number of hydrogen-bond donors (Lipinski definition) is 2. The highest BCUT2D eigenvalue weighted by Crippen LogP contribution is 2.21. The van der Waals surface area contributed by atoms with Gasteiger partial charge in [0.25, 0.3) is 0 Å². The van der Waals surface area contributed by atoms with E-state index in [4.69, 9.17) is 4.42 Å². The number of nitrogens with one attached hydrogen (secondary N) is 2. The molecule has 0 aliphatic carbocycles. The minimum absolute atomic E-state index is 0. The van der Waals surface area contributed by atoms with Crippen molar-refractivity contribution in [2.24, 2.45) is 10.9 Å². The second kappa shape index (κ2) is 13.7. The zero-order valence-electron chi connectivity index (χ0n) is 19.4. The van der Waals surface area contributed by atoms with Crippen molar-refractivity contribution in [1.29, 1.82) is 0 Å². The molecule has 0 amide bonds. The number of aromatic nitrogens is 1. The van der Waals surface area contributed by atoms with Gasteiger partial charge in [0.1, 0.15) is 11.5 Å². The molecule has 0 radical (unpaired) electrons. The Kier molecular flexibility index (Phi) is 11.3. The largest absolute Gasteiger partial charge is 0.444 e. The first-order valence-electron chi connectivity index (χ1n) is 11.1. The molecule has 1 aromatic carbocycles. The molecular formula is C23H34F2IN5O2. The Labute approximate surface area is 211 Å². The van der Waals surface area contributed by atoms with Crippen LogP contribution in [0.25, 0.3) is 0 Å². The number of halogens is 3. The molecule has 10 heteroatoms. The molecule has 3 rings (SSSR count). The molecule has 1 aliphatic heterocycles. The summed E-state index contributed by atoms with van der Waals surface area (Å²) in [6, 6.07) is 6.74. The van der Waals surface area contributed by atoms with Crippen molar-refractivity contribution in [3.8, 4) is 5.75 Å². The topological polar surface area (TPSA) is 74.9 Å². The van der Waals surface area contributed by atoms with E-state index in [-0.39, 0.29) is 36.3 Å². The van der Waals surface area contributed by atoms with Gasteiger partial charge in [-0.1, -0.05) is 18.2 Å². The molecule has 2 heterocycles. The van der Waals surface area contributed by atoms with Crippen molar-refractivity contribution in [3.05, 3.63) is 47.2 Å². The van der Waals surface area contributed by atoms with Crippen molar-refractivity contribution in [3.63, 3.8) is 0 Å². The van der Waals surface area contributed by atoms with Gasteiger partial charge >= 0.3 is 6.61 Å². The Morgan fingerprint density at radius 2 is 1.97 bits per heavy atom. The number of likely N-dealkylation sites (tertiary alicyclic amines) is 1. The maximum absolute atomic E-state index is 12.6. The minimum atomic E-state index is -2.85. The van der Waals surface area contributed by atoms with Crippen LogP contribution in [0.1, 0.15) is 42.7 Å². The highest BCUT2D eigenvalue weighted by atomic mass is 127. The maximum Gasteiger partial charge on any atom is 0.387 e. The van der Waals surface area contributed by atoms with Crippen LogP contribution in [0, 0.1) is 19.8 Å². The van der Waals surface area contributed by atoms with Crippen LogP contribution in [0.5, 0.6) is 5.75 Å². The van der Waals surface area contributed by atoms with Gasteiger partial charge in [-0.05, 0) is 58.7 Å². The Balaban J connectivity index is 0.00000385. The fourth-order valence-electron chi connectivity index (χ4n) is 3.74. The quantitative estimate of drug-likeness (QED) is 0.260.